The summed E-state index contributed by atoms with van der Waals surface area (Å²) in [7, 11) is -2.38. The highest BCUT2D eigenvalue weighted by atomic mass is 32.1. The van der Waals surface area contributed by atoms with Gasteiger partial charge in [-0.25, -0.2) is 0 Å². The summed E-state index contributed by atoms with van der Waals surface area (Å²) < 4.78 is 0. The van der Waals surface area contributed by atoms with Gasteiger partial charge in [-0.2, -0.15) is 0 Å². The summed E-state index contributed by atoms with van der Waals surface area (Å²) >= 11 is 4.60. The monoisotopic (exact) mass is 440 g/mol. The van der Waals surface area contributed by atoms with E-state index in [-0.39, 0.29) is 5.91 Å². The average molecular weight is 441 g/mol. The van der Waals surface area contributed by atoms with Crippen LogP contribution in [0, 0.1) is 0 Å². The molecule has 4 aromatic carbocycles. The van der Waals surface area contributed by atoms with Crippen molar-refractivity contribution in [2.75, 3.05) is 0 Å². The van der Waals surface area contributed by atoms with Gasteiger partial charge in [0.15, 0.2) is 12.7 Å². The molecule has 0 bridgehead atoms. The van der Waals surface area contributed by atoms with Gasteiger partial charge in [0.25, 0.3) is 5.91 Å². The smallest absolute Gasteiger partial charge is 0.258 e. The molecular formula is C27H23NOPS+. The van der Waals surface area contributed by atoms with Gasteiger partial charge in [-0.3, -0.25) is 10.1 Å². The molecule has 2 nitrogen and oxygen atoms in total. The molecule has 0 heterocycles. The zero-order valence-corrected chi connectivity index (χ0v) is 18.7. The van der Waals surface area contributed by atoms with Crippen LogP contribution in [0.5, 0.6) is 0 Å². The van der Waals surface area contributed by atoms with Gasteiger partial charge < -0.3 is 0 Å². The normalized spacial score (nSPS) is 11.7. The Labute approximate surface area is 189 Å². The SMILES string of the molecule is O=C(NC(=CS)[P+](c1ccccc1)(c1ccccc1)c1ccccc1)c1ccccc1. The maximum atomic E-state index is 13.2. The number of carbonyl (C=O) groups is 1. The topological polar surface area (TPSA) is 29.1 Å². The molecule has 31 heavy (non-hydrogen) atoms. The molecule has 0 aliphatic rings. The number of hydrogen-bond acceptors (Lipinski definition) is 2. The van der Waals surface area contributed by atoms with Crippen LogP contribution in [0.1, 0.15) is 10.4 Å². The van der Waals surface area contributed by atoms with Crippen molar-refractivity contribution in [3.63, 3.8) is 0 Å². The standard InChI is InChI=1S/C27H22NOPS/c29-27(22-13-5-1-6-14-22)28-26(21-31)30(23-15-7-2-8-16-23,24-17-9-3-10-18-24)25-19-11-4-12-20-25/h1-21H,(H-,28,29,31)/p+1. The van der Waals surface area contributed by atoms with Gasteiger partial charge >= 0.3 is 0 Å². The van der Waals surface area contributed by atoms with Crippen LogP contribution < -0.4 is 21.2 Å². The van der Waals surface area contributed by atoms with Crippen LogP contribution in [0.3, 0.4) is 0 Å². The van der Waals surface area contributed by atoms with E-state index < -0.39 is 7.26 Å². The van der Waals surface area contributed by atoms with E-state index in [9.17, 15) is 4.79 Å². The first-order chi connectivity index (χ1) is 15.3. The number of thiol groups is 1. The van der Waals surface area contributed by atoms with Crippen LogP contribution in [0.15, 0.2) is 132 Å². The molecule has 0 saturated carbocycles. The highest BCUT2D eigenvalue weighted by molar-refractivity contribution is 7.99. The molecule has 1 N–H and O–H groups in total. The van der Waals surface area contributed by atoms with E-state index in [4.69, 9.17) is 0 Å². The van der Waals surface area contributed by atoms with Crippen LogP contribution in [-0.4, -0.2) is 5.91 Å². The second-order valence-electron chi connectivity index (χ2n) is 7.01. The molecule has 4 rings (SSSR count). The summed E-state index contributed by atoms with van der Waals surface area (Å²) in [5.74, 6) is -0.145. The molecular weight excluding hydrogens is 417 g/mol. The van der Waals surface area contributed by atoms with E-state index in [1.54, 1.807) is 5.41 Å². The van der Waals surface area contributed by atoms with Crippen molar-refractivity contribution in [3.8, 4) is 0 Å². The number of hydrogen-bond donors (Lipinski definition) is 2. The zero-order chi connectivity index (χ0) is 21.5. The predicted molar refractivity (Wildman–Crippen MR) is 136 cm³/mol. The summed E-state index contributed by atoms with van der Waals surface area (Å²) in [6.07, 6.45) is 0. The van der Waals surface area contributed by atoms with Crippen LogP contribution in [0.4, 0.5) is 0 Å². The van der Waals surface area contributed by atoms with Crippen molar-refractivity contribution in [2.45, 2.75) is 0 Å². The van der Waals surface area contributed by atoms with Gasteiger partial charge in [-0.05, 0) is 48.5 Å². The Bertz CT molecular complexity index is 1070. The first-order valence-corrected chi connectivity index (χ1v) is 12.3. The molecule has 0 fully saturated rings. The number of carbonyl (C=O) groups excluding carboxylic acids is 1. The first-order valence-electron chi connectivity index (χ1n) is 10.0. The third-order valence-corrected chi connectivity index (χ3v) is 9.84. The van der Waals surface area contributed by atoms with Crippen molar-refractivity contribution in [1.82, 2.24) is 5.32 Å². The highest BCUT2D eigenvalue weighted by Gasteiger charge is 2.50. The second-order valence-corrected chi connectivity index (χ2v) is 10.6. The fourth-order valence-corrected chi connectivity index (χ4v) is 8.41. The van der Waals surface area contributed by atoms with Crippen molar-refractivity contribution < 1.29 is 4.79 Å². The lowest BCUT2D eigenvalue weighted by Gasteiger charge is -2.29. The molecule has 0 unspecified atom stereocenters. The van der Waals surface area contributed by atoms with Gasteiger partial charge in [-0.15, -0.1) is 12.6 Å². The number of amides is 1. The van der Waals surface area contributed by atoms with Crippen LogP contribution in [0.2, 0.25) is 0 Å². The summed E-state index contributed by atoms with van der Waals surface area (Å²) in [6.45, 7) is 0. The van der Waals surface area contributed by atoms with Gasteiger partial charge in [0.2, 0.25) is 0 Å². The molecule has 4 heteroatoms. The highest BCUT2D eigenvalue weighted by Crippen LogP contribution is 2.61. The molecule has 0 saturated heterocycles. The quantitative estimate of drug-likeness (QED) is 0.316. The Morgan fingerprint density at radius 3 is 1.32 bits per heavy atom. The predicted octanol–water partition coefficient (Wildman–Crippen LogP) is 5.14. The van der Waals surface area contributed by atoms with Gasteiger partial charge in [0, 0.05) is 11.0 Å². The van der Waals surface area contributed by atoms with Gasteiger partial charge in [0.05, 0.1) is 0 Å². The van der Waals surface area contributed by atoms with Gasteiger partial charge in [-0.1, -0.05) is 72.8 Å². The number of benzene rings is 4. The summed E-state index contributed by atoms with van der Waals surface area (Å²) in [6, 6.07) is 40.4. The molecule has 0 atom stereocenters. The largest absolute Gasteiger partial charge is 0.292 e. The molecule has 0 spiro atoms. The lowest BCUT2D eigenvalue weighted by Crippen LogP contribution is -2.38. The average Bonchev–Trinajstić information content (AvgIpc) is 2.86. The lowest BCUT2D eigenvalue weighted by atomic mass is 10.2. The van der Waals surface area contributed by atoms with Gasteiger partial charge in [0.1, 0.15) is 15.9 Å². The van der Waals surface area contributed by atoms with Crippen LogP contribution in [0.25, 0.3) is 0 Å². The molecule has 1 amide bonds. The maximum absolute atomic E-state index is 13.2. The van der Waals surface area contributed by atoms with E-state index in [0.717, 1.165) is 21.4 Å². The van der Waals surface area contributed by atoms with Crippen LogP contribution >= 0.6 is 19.9 Å². The van der Waals surface area contributed by atoms with E-state index in [2.05, 4.69) is 54.3 Å². The molecule has 152 valence electrons. The van der Waals surface area contributed by atoms with Crippen molar-refractivity contribution in [2.24, 2.45) is 0 Å². The minimum atomic E-state index is -2.38. The molecule has 0 aliphatic carbocycles. The molecule has 0 aliphatic heterocycles. The molecule has 0 radical (unpaired) electrons. The Kier molecular flexibility index (Phi) is 6.66. The van der Waals surface area contributed by atoms with Crippen LogP contribution in [-0.2, 0) is 0 Å². The fraction of sp³-hybridized carbons (Fsp3) is 0. The first kappa shape index (κ1) is 21.1. The minimum absolute atomic E-state index is 0.145. The Hall–Kier alpha value is -3.13. The summed E-state index contributed by atoms with van der Waals surface area (Å²) in [5.41, 5.74) is 1.41. The van der Waals surface area contributed by atoms with E-state index in [0.29, 0.717) is 5.56 Å². The summed E-state index contributed by atoms with van der Waals surface area (Å²) in [5, 5.41) is 8.43. The third-order valence-electron chi connectivity index (χ3n) is 5.19. The van der Waals surface area contributed by atoms with Crippen molar-refractivity contribution in [1.29, 1.82) is 0 Å². The lowest BCUT2D eigenvalue weighted by molar-refractivity contribution is 0.0968. The van der Waals surface area contributed by atoms with E-state index >= 15 is 0 Å². The number of nitrogens with one attached hydrogen (secondary N) is 1. The minimum Gasteiger partial charge on any atom is -0.292 e. The Morgan fingerprint density at radius 1 is 0.613 bits per heavy atom. The van der Waals surface area contributed by atoms with Crippen molar-refractivity contribution in [3.05, 3.63) is 138 Å². The third kappa shape index (κ3) is 4.20. The Balaban J connectivity index is 1.96. The fourth-order valence-electron chi connectivity index (χ4n) is 3.80. The van der Waals surface area contributed by atoms with E-state index in [1.807, 2.05) is 84.9 Å². The second kappa shape index (κ2) is 9.78. The van der Waals surface area contributed by atoms with Crippen molar-refractivity contribution >= 4 is 41.7 Å². The Morgan fingerprint density at radius 2 is 0.968 bits per heavy atom. The summed E-state index contributed by atoms with van der Waals surface area (Å²) in [4.78, 5) is 13.2. The number of rotatable bonds is 6. The zero-order valence-electron chi connectivity index (χ0n) is 16.9. The molecule has 4 aromatic rings. The maximum Gasteiger partial charge on any atom is 0.258 e. The van der Waals surface area contributed by atoms with E-state index in [1.165, 1.54) is 0 Å². The molecule has 0 aromatic heterocycles.